The fourth-order valence-electron chi connectivity index (χ4n) is 3.22. The topological polar surface area (TPSA) is 79.6 Å². The van der Waals surface area contributed by atoms with Crippen molar-refractivity contribution < 1.29 is 19.1 Å². The third kappa shape index (κ3) is 4.80. The van der Waals surface area contributed by atoms with Crippen molar-refractivity contribution in [2.45, 2.75) is 0 Å². The van der Waals surface area contributed by atoms with Gasteiger partial charge in [0.25, 0.3) is 5.56 Å². The lowest BCUT2D eigenvalue weighted by molar-refractivity contribution is -0.138. The minimum atomic E-state index is -0.723. The van der Waals surface area contributed by atoms with E-state index in [-0.39, 0.29) is 5.82 Å². The Morgan fingerprint density at radius 2 is 1.70 bits per heavy atom. The van der Waals surface area contributed by atoms with Crippen LogP contribution in [-0.2, 0) is 4.79 Å². The maximum absolute atomic E-state index is 13.2. The normalized spacial score (nSPS) is 11.0. The SMILES string of the molecule is COc1ccc(-c2nc3ccccc3c(=O)n2OC(=O)/C=C/c2ccc(Br)cc2)cc1OC. The van der Waals surface area contributed by atoms with Gasteiger partial charge in [-0.05, 0) is 54.1 Å². The number of aromatic nitrogens is 2. The van der Waals surface area contributed by atoms with Gasteiger partial charge in [-0.1, -0.05) is 40.2 Å². The minimum absolute atomic E-state index is 0.157. The van der Waals surface area contributed by atoms with Crippen LogP contribution in [0.4, 0.5) is 0 Å². The average Bonchev–Trinajstić information content (AvgIpc) is 2.85. The molecule has 33 heavy (non-hydrogen) atoms. The summed E-state index contributed by atoms with van der Waals surface area (Å²) in [6, 6.07) is 19.3. The minimum Gasteiger partial charge on any atom is -0.493 e. The van der Waals surface area contributed by atoms with Crippen LogP contribution >= 0.6 is 15.9 Å². The number of carbonyl (C=O) groups excluding carboxylic acids is 1. The summed E-state index contributed by atoms with van der Waals surface area (Å²) >= 11 is 3.37. The first-order chi connectivity index (χ1) is 16.0. The Bertz CT molecular complexity index is 1410. The second kappa shape index (κ2) is 9.70. The van der Waals surface area contributed by atoms with Crippen molar-refractivity contribution >= 4 is 38.9 Å². The van der Waals surface area contributed by atoms with Crippen molar-refractivity contribution in [3.05, 3.63) is 93.2 Å². The highest BCUT2D eigenvalue weighted by molar-refractivity contribution is 9.10. The van der Waals surface area contributed by atoms with Gasteiger partial charge < -0.3 is 14.3 Å². The molecule has 1 heterocycles. The second-order valence-corrected chi connectivity index (χ2v) is 7.83. The predicted octanol–water partition coefficient (Wildman–Crippen LogP) is 4.51. The number of rotatable bonds is 6. The van der Waals surface area contributed by atoms with E-state index in [0.29, 0.717) is 28.0 Å². The van der Waals surface area contributed by atoms with Crippen LogP contribution < -0.4 is 19.9 Å². The summed E-state index contributed by atoms with van der Waals surface area (Å²) in [6.07, 6.45) is 2.85. The number of nitrogens with zero attached hydrogens (tertiary/aromatic N) is 2. The first-order valence-electron chi connectivity index (χ1n) is 9.90. The molecular weight excluding hydrogens is 488 g/mol. The highest BCUT2D eigenvalue weighted by Gasteiger charge is 2.17. The van der Waals surface area contributed by atoms with Crippen molar-refractivity contribution in [3.8, 4) is 22.9 Å². The van der Waals surface area contributed by atoms with Crippen molar-refractivity contribution in [1.29, 1.82) is 0 Å². The molecule has 0 radical (unpaired) electrons. The Hall–Kier alpha value is -3.91. The summed E-state index contributed by atoms with van der Waals surface area (Å²) in [7, 11) is 3.04. The molecule has 1 aromatic heterocycles. The summed E-state index contributed by atoms with van der Waals surface area (Å²) < 4.78 is 12.5. The molecule has 7 nitrogen and oxygen atoms in total. The Balaban J connectivity index is 1.78. The van der Waals surface area contributed by atoms with Crippen LogP contribution in [0.2, 0.25) is 0 Å². The van der Waals surface area contributed by atoms with E-state index < -0.39 is 11.5 Å². The molecular formula is C25H19BrN2O5. The van der Waals surface area contributed by atoms with Gasteiger partial charge >= 0.3 is 5.97 Å². The number of hydrogen-bond donors (Lipinski definition) is 0. The third-order valence-corrected chi connectivity index (χ3v) is 5.37. The van der Waals surface area contributed by atoms with Crippen molar-refractivity contribution in [3.63, 3.8) is 0 Å². The van der Waals surface area contributed by atoms with E-state index in [1.807, 2.05) is 24.3 Å². The molecule has 0 spiro atoms. The summed E-state index contributed by atoms with van der Waals surface area (Å²) in [5.74, 6) is 0.402. The molecule has 0 unspecified atom stereocenters. The van der Waals surface area contributed by atoms with Gasteiger partial charge in [0.1, 0.15) is 0 Å². The molecule has 0 aliphatic rings. The third-order valence-electron chi connectivity index (χ3n) is 4.84. The molecule has 4 rings (SSSR count). The zero-order chi connectivity index (χ0) is 23.4. The maximum Gasteiger partial charge on any atom is 0.356 e. The molecule has 4 aromatic rings. The van der Waals surface area contributed by atoms with Crippen LogP contribution in [0, 0.1) is 0 Å². The van der Waals surface area contributed by atoms with Crippen molar-refractivity contribution in [2.75, 3.05) is 14.2 Å². The summed E-state index contributed by atoms with van der Waals surface area (Å²) in [5.41, 5.74) is 1.29. The van der Waals surface area contributed by atoms with Crippen LogP contribution in [0.5, 0.6) is 11.5 Å². The molecule has 0 fully saturated rings. The Morgan fingerprint density at radius 1 is 0.970 bits per heavy atom. The first-order valence-corrected chi connectivity index (χ1v) is 10.7. The molecule has 0 bridgehead atoms. The number of para-hydroxylation sites is 1. The number of benzene rings is 3. The molecule has 0 aliphatic heterocycles. The van der Waals surface area contributed by atoms with Gasteiger partial charge in [-0.2, -0.15) is 0 Å². The lowest BCUT2D eigenvalue weighted by atomic mass is 10.1. The van der Waals surface area contributed by atoms with E-state index >= 15 is 0 Å². The molecule has 166 valence electrons. The number of carbonyl (C=O) groups is 1. The molecule has 8 heteroatoms. The first kappa shape index (κ1) is 22.3. The van der Waals surface area contributed by atoms with E-state index in [9.17, 15) is 9.59 Å². The molecule has 0 amide bonds. The number of methoxy groups -OCH3 is 2. The Labute approximate surface area is 197 Å². The van der Waals surface area contributed by atoms with E-state index in [1.54, 1.807) is 48.5 Å². The average molecular weight is 507 g/mol. The van der Waals surface area contributed by atoms with E-state index in [0.717, 1.165) is 14.8 Å². The molecule has 0 saturated heterocycles. The van der Waals surface area contributed by atoms with Crippen LogP contribution in [0.15, 0.2) is 82.1 Å². The molecule has 0 saturated carbocycles. The largest absolute Gasteiger partial charge is 0.493 e. The number of ether oxygens (including phenoxy) is 2. The lowest BCUT2D eigenvalue weighted by Crippen LogP contribution is -2.32. The van der Waals surface area contributed by atoms with Crippen molar-refractivity contribution in [1.82, 2.24) is 9.71 Å². The van der Waals surface area contributed by atoms with Crippen LogP contribution in [-0.4, -0.2) is 29.9 Å². The predicted molar refractivity (Wildman–Crippen MR) is 129 cm³/mol. The van der Waals surface area contributed by atoms with E-state index in [1.165, 1.54) is 20.3 Å². The zero-order valence-corrected chi connectivity index (χ0v) is 19.4. The van der Waals surface area contributed by atoms with Crippen LogP contribution in [0.1, 0.15) is 5.56 Å². The fourth-order valence-corrected chi connectivity index (χ4v) is 3.48. The lowest BCUT2D eigenvalue weighted by Gasteiger charge is -2.14. The van der Waals surface area contributed by atoms with Gasteiger partial charge in [0, 0.05) is 16.1 Å². The zero-order valence-electron chi connectivity index (χ0n) is 17.8. The van der Waals surface area contributed by atoms with Crippen LogP contribution in [0.25, 0.3) is 28.4 Å². The number of fused-ring (bicyclic) bond motifs is 1. The van der Waals surface area contributed by atoms with Gasteiger partial charge in [0.2, 0.25) is 0 Å². The van der Waals surface area contributed by atoms with Gasteiger partial charge in [0.15, 0.2) is 17.3 Å². The Kier molecular flexibility index (Phi) is 6.55. The van der Waals surface area contributed by atoms with Crippen LogP contribution in [0.3, 0.4) is 0 Å². The van der Waals surface area contributed by atoms with Gasteiger partial charge in [-0.3, -0.25) is 4.79 Å². The van der Waals surface area contributed by atoms with E-state index in [4.69, 9.17) is 14.3 Å². The fraction of sp³-hybridized carbons (Fsp3) is 0.0800. The molecule has 0 atom stereocenters. The van der Waals surface area contributed by atoms with E-state index in [2.05, 4.69) is 20.9 Å². The monoisotopic (exact) mass is 506 g/mol. The van der Waals surface area contributed by atoms with Gasteiger partial charge in [-0.25, -0.2) is 9.78 Å². The quantitative estimate of drug-likeness (QED) is 0.358. The highest BCUT2D eigenvalue weighted by atomic mass is 79.9. The van der Waals surface area contributed by atoms with Crippen molar-refractivity contribution in [2.24, 2.45) is 0 Å². The van der Waals surface area contributed by atoms with Gasteiger partial charge in [-0.15, -0.1) is 4.73 Å². The highest BCUT2D eigenvalue weighted by Crippen LogP contribution is 2.31. The smallest absolute Gasteiger partial charge is 0.356 e. The van der Waals surface area contributed by atoms with Gasteiger partial charge in [0.05, 0.1) is 25.1 Å². The Morgan fingerprint density at radius 3 is 2.42 bits per heavy atom. The molecule has 0 aliphatic carbocycles. The second-order valence-electron chi connectivity index (χ2n) is 6.92. The summed E-state index contributed by atoms with van der Waals surface area (Å²) in [4.78, 5) is 35.8. The number of hydrogen-bond acceptors (Lipinski definition) is 6. The standard InChI is InChI=1S/C25H19BrN2O5/c1-31-21-13-10-17(15-22(21)32-2)24-27-20-6-4-3-5-19(20)25(30)28(24)33-23(29)14-9-16-7-11-18(26)12-8-16/h3-15H,1-2H3/b14-9+. The number of halogens is 1. The summed E-state index contributed by atoms with van der Waals surface area (Å²) in [5, 5.41) is 0.325. The summed E-state index contributed by atoms with van der Waals surface area (Å²) in [6.45, 7) is 0. The maximum atomic E-state index is 13.2. The molecule has 0 N–H and O–H groups in total. The molecule has 3 aromatic carbocycles.